The molecule has 134 valence electrons. The molecular formula is C18H15Cl5O2. The topological polar surface area (TPSA) is 18.5 Å². The molecule has 25 heavy (non-hydrogen) atoms. The van der Waals surface area contributed by atoms with E-state index in [1.165, 1.54) is 6.08 Å². The van der Waals surface area contributed by atoms with Gasteiger partial charge in [-0.2, -0.15) is 0 Å². The third kappa shape index (κ3) is 7.16. The van der Waals surface area contributed by atoms with Gasteiger partial charge in [-0.1, -0.05) is 70.1 Å². The second-order valence-corrected chi connectivity index (χ2v) is 7.36. The van der Waals surface area contributed by atoms with E-state index in [0.29, 0.717) is 28.2 Å². The summed E-state index contributed by atoms with van der Waals surface area (Å²) >= 11 is 29.4. The van der Waals surface area contributed by atoms with Crippen molar-refractivity contribution in [2.45, 2.75) is 12.8 Å². The molecule has 0 aliphatic carbocycles. The van der Waals surface area contributed by atoms with Crippen molar-refractivity contribution in [2.24, 2.45) is 0 Å². The van der Waals surface area contributed by atoms with Crippen molar-refractivity contribution in [3.63, 3.8) is 0 Å². The zero-order valence-electron chi connectivity index (χ0n) is 13.1. The predicted molar refractivity (Wildman–Crippen MR) is 107 cm³/mol. The Kier molecular flexibility index (Phi) is 8.54. The summed E-state index contributed by atoms with van der Waals surface area (Å²) in [6, 6.07) is 11.0. The summed E-state index contributed by atoms with van der Waals surface area (Å²) in [6.07, 6.45) is 3.18. The standard InChI is InChI=1S/C18H15Cl5O2/c19-13-5-1-3-12(9-13)4-2-7-25-18-15(20)10-14(11-16(18)21)24-8-6-17(22)23/h1,3,5-6,9-11H,2,4,7-8H2. The first kappa shape index (κ1) is 20.5. The molecule has 0 aliphatic rings. The summed E-state index contributed by atoms with van der Waals surface area (Å²) in [7, 11) is 0. The van der Waals surface area contributed by atoms with Crippen molar-refractivity contribution in [2.75, 3.05) is 13.2 Å². The molecule has 0 bridgehead atoms. The molecule has 0 saturated heterocycles. The monoisotopic (exact) mass is 438 g/mol. The Labute approximate surface area is 172 Å². The second-order valence-electron chi connectivity index (χ2n) is 5.10. The van der Waals surface area contributed by atoms with Crippen molar-refractivity contribution in [1.82, 2.24) is 0 Å². The number of rotatable bonds is 8. The molecule has 0 fully saturated rings. The zero-order chi connectivity index (χ0) is 18.2. The van der Waals surface area contributed by atoms with E-state index in [1.54, 1.807) is 12.1 Å². The fourth-order valence-corrected chi connectivity index (χ4v) is 3.02. The fraction of sp³-hybridized carbons (Fsp3) is 0.222. The van der Waals surface area contributed by atoms with Crippen LogP contribution in [0.3, 0.4) is 0 Å². The molecule has 2 nitrogen and oxygen atoms in total. The van der Waals surface area contributed by atoms with Gasteiger partial charge in [0.2, 0.25) is 0 Å². The van der Waals surface area contributed by atoms with E-state index in [0.717, 1.165) is 23.4 Å². The van der Waals surface area contributed by atoms with E-state index >= 15 is 0 Å². The van der Waals surface area contributed by atoms with Crippen LogP contribution in [0.25, 0.3) is 0 Å². The lowest BCUT2D eigenvalue weighted by Crippen LogP contribution is -2.01. The summed E-state index contributed by atoms with van der Waals surface area (Å²) in [5.41, 5.74) is 1.16. The molecule has 0 aromatic heterocycles. The van der Waals surface area contributed by atoms with E-state index in [9.17, 15) is 0 Å². The van der Waals surface area contributed by atoms with Gasteiger partial charge >= 0.3 is 0 Å². The van der Waals surface area contributed by atoms with Crippen LogP contribution in [0, 0.1) is 0 Å². The maximum atomic E-state index is 6.22. The highest BCUT2D eigenvalue weighted by molar-refractivity contribution is 6.55. The van der Waals surface area contributed by atoms with Gasteiger partial charge in [-0.3, -0.25) is 0 Å². The molecule has 2 aromatic carbocycles. The van der Waals surface area contributed by atoms with E-state index in [-0.39, 0.29) is 11.1 Å². The largest absolute Gasteiger partial charge is 0.490 e. The Morgan fingerprint density at radius 1 is 0.960 bits per heavy atom. The average molecular weight is 441 g/mol. The Hall–Kier alpha value is -0.770. The third-order valence-electron chi connectivity index (χ3n) is 3.20. The van der Waals surface area contributed by atoms with Crippen molar-refractivity contribution in [3.8, 4) is 11.5 Å². The Balaban J connectivity index is 1.88. The van der Waals surface area contributed by atoms with Crippen LogP contribution in [0.15, 0.2) is 47.0 Å². The minimum atomic E-state index is 0.136. The van der Waals surface area contributed by atoms with Crippen molar-refractivity contribution >= 4 is 58.0 Å². The maximum Gasteiger partial charge on any atom is 0.156 e. The van der Waals surface area contributed by atoms with Crippen LogP contribution in [0.2, 0.25) is 15.1 Å². The zero-order valence-corrected chi connectivity index (χ0v) is 16.9. The molecular weight excluding hydrogens is 425 g/mol. The van der Waals surface area contributed by atoms with Gasteiger partial charge in [-0.05, 0) is 36.6 Å². The Bertz CT molecular complexity index is 719. The van der Waals surface area contributed by atoms with Gasteiger partial charge in [0.15, 0.2) is 5.75 Å². The molecule has 7 heteroatoms. The number of aryl methyl sites for hydroxylation is 1. The van der Waals surface area contributed by atoms with Gasteiger partial charge in [0.25, 0.3) is 0 Å². The van der Waals surface area contributed by atoms with Gasteiger partial charge in [-0.15, -0.1) is 0 Å². The highest BCUT2D eigenvalue weighted by Gasteiger charge is 2.10. The predicted octanol–water partition coefficient (Wildman–Crippen LogP) is 7.36. The van der Waals surface area contributed by atoms with Gasteiger partial charge in [-0.25, -0.2) is 0 Å². The minimum Gasteiger partial charge on any atom is -0.490 e. The van der Waals surface area contributed by atoms with Crippen molar-refractivity contribution in [3.05, 3.63) is 67.6 Å². The highest BCUT2D eigenvalue weighted by Crippen LogP contribution is 2.37. The van der Waals surface area contributed by atoms with Gasteiger partial charge < -0.3 is 9.47 Å². The molecule has 2 rings (SSSR count). The molecule has 0 heterocycles. The van der Waals surface area contributed by atoms with Crippen LogP contribution in [-0.2, 0) is 6.42 Å². The molecule has 0 unspecified atom stereocenters. The van der Waals surface area contributed by atoms with Crippen LogP contribution in [0.5, 0.6) is 11.5 Å². The van der Waals surface area contributed by atoms with Crippen LogP contribution in [0.4, 0.5) is 0 Å². The molecule has 0 radical (unpaired) electrons. The van der Waals surface area contributed by atoms with E-state index < -0.39 is 0 Å². The van der Waals surface area contributed by atoms with E-state index in [4.69, 9.17) is 67.5 Å². The van der Waals surface area contributed by atoms with Crippen LogP contribution >= 0.6 is 58.0 Å². The minimum absolute atomic E-state index is 0.136. The number of halogens is 5. The first-order valence-electron chi connectivity index (χ1n) is 7.46. The average Bonchev–Trinajstić information content (AvgIpc) is 2.53. The van der Waals surface area contributed by atoms with Gasteiger partial charge in [0.1, 0.15) is 16.8 Å². The number of hydrogen-bond donors (Lipinski definition) is 0. The van der Waals surface area contributed by atoms with E-state index in [1.807, 2.05) is 24.3 Å². The molecule has 0 aliphatic heterocycles. The molecule has 0 N–H and O–H groups in total. The Morgan fingerprint density at radius 2 is 1.68 bits per heavy atom. The number of ether oxygens (including phenoxy) is 2. The summed E-state index contributed by atoms with van der Waals surface area (Å²) in [4.78, 5) is 0. The van der Waals surface area contributed by atoms with Gasteiger partial charge in [0.05, 0.1) is 16.7 Å². The molecule has 0 saturated carbocycles. The lowest BCUT2D eigenvalue weighted by Gasteiger charge is -2.12. The number of benzene rings is 2. The fourth-order valence-electron chi connectivity index (χ4n) is 2.10. The molecule has 0 amide bonds. The van der Waals surface area contributed by atoms with Crippen LogP contribution in [0.1, 0.15) is 12.0 Å². The van der Waals surface area contributed by atoms with E-state index in [2.05, 4.69) is 0 Å². The number of hydrogen-bond acceptors (Lipinski definition) is 2. The third-order valence-corrected chi connectivity index (χ3v) is 4.31. The summed E-state index contributed by atoms with van der Waals surface area (Å²) in [5, 5.41) is 1.49. The Morgan fingerprint density at radius 3 is 2.32 bits per heavy atom. The van der Waals surface area contributed by atoms with Crippen LogP contribution < -0.4 is 9.47 Å². The molecule has 0 spiro atoms. The van der Waals surface area contributed by atoms with Gasteiger partial charge in [0, 0.05) is 17.2 Å². The van der Waals surface area contributed by atoms with Crippen molar-refractivity contribution < 1.29 is 9.47 Å². The molecule has 0 atom stereocenters. The van der Waals surface area contributed by atoms with Crippen LogP contribution in [-0.4, -0.2) is 13.2 Å². The summed E-state index contributed by atoms with van der Waals surface area (Å²) in [6.45, 7) is 0.700. The normalized spacial score (nSPS) is 10.4. The lowest BCUT2D eigenvalue weighted by molar-refractivity contribution is 0.310. The lowest BCUT2D eigenvalue weighted by atomic mass is 10.1. The van der Waals surface area contributed by atoms with Crippen molar-refractivity contribution in [1.29, 1.82) is 0 Å². The summed E-state index contributed by atoms with van der Waals surface area (Å²) < 4.78 is 11.3. The summed E-state index contributed by atoms with van der Waals surface area (Å²) in [5.74, 6) is 0.944. The molecule has 2 aromatic rings. The smallest absolute Gasteiger partial charge is 0.156 e. The first-order valence-corrected chi connectivity index (χ1v) is 9.35. The maximum absolute atomic E-state index is 6.22. The highest BCUT2D eigenvalue weighted by atomic mass is 35.5. The second kappa shape index (κ2) is 10.4. The SMILES string of the molecule is ClC(Cl)=CCOc1cc(Cl)c(OCCCc2cccc(Cl)c2)c(Cl)c1. The quantitative estimate of drug-likeness (QED) is 0.399. The first-order chi connectivity index (χ1) is 12.0.